The second-order valence-corrected chi connectivity index (χ2v) is 5.39. The Bertz CT molecular complexity index is 553. The fourth-order valence-corrected chi connectivity index (χ4v) is 2.41. The number of likely N-dealkylation sites (N-methyl/N-ethyl adjacent to an activating group) is 1. The maximum atomic E-state index is 6.27. The zero-order valence-electron chi connectivity index (χ0n) is 11.0. The molecule has 2 nitrogen and oxygen atoms in total. The van der Waals surface area contributed by atoms with E-state index in [0.717, 1.165) is 22.7 Å². The summed E-state index contributed by atoms with van der Waals surface area (Å²) in [5, 5.41) is 4.71. The van der Waals surface area contributed by atoms with Crippen LogP contribution in [0.3, 0.4) is 0 Å². The summed E-state index contributed by atoms with van der Waals surface area (Å²) in [5.74, 6) is 0. The highest BCUT2D eigenvalue weighted by Gasteiger charge is 2.13. The number of nitrogens with one attached hydrogen (secondary N) is 1. The molecule has 19 heavy (non-hydrogen) atoms. The van der Waals surface area contributed by atoms with Crippen LogP contribution in [0.25, 0.3) is 0 Å². The first-order valence-electron chi connectivity index (χ1n) is 6.14. The number of halogens is 2. The molecule has 0 aliphatic carbocycles. The Labute approximate surface area is 123 Å². The van der Waals surface area contributed by atoms with Gasteiger partial charge in [0.15, 0.2) is 0 Å². The molecule has 100 valence electrons. The number of hydrogen-bond donors (Lipinski definition) is 1. The van der Waals surface area contributed by atoms with Crippen LogP contribution in [-0.2, 0) is 6.42 Å². The van der Waals surface area contributed by atoms with E-state index in [1.165, 1.54) is 5.56 Å². The van der Waals surface area contributed by atoms with Gasteiger partial charge in [-0.1, -0.05) is 35.3 Å². The Balaban J connectivity index is 2.21. The van der Waals surface area contributed by atoms with Crippen LogP contribution in [0.2, 0.25) is 10.0 Å². The van der Waals surface area contributed by atoms with Gasteiger partial charge in [-0.2, -0.15) is 0 Å². The minimum absolute atomic E-state index is 0.123. The van der Waals surface area contributed by atoms with E-state index < -0.39 is 0 Å². The monoisotopic (exact) mass is 294 g/mol. The Morgan fingerprint density at radius 3 is 2.58 bits per heavy atom. The van der Waals surface area contributed by atoms with E-state index in [9.17, 15) is 0 Å². The quantitative estimate of drug-likeness (QED) is 0.914. The van der Waals surface area contributed by atoms with Crippen molar-refractivity contribution in [2.45, 2.75) is 19.4 Å². The van der Waals surface area contributed by atoms with E-state index in [-0.39, 0.29) is 6.04 Å². The number of aromatic nitrogens is 1. The molecule has 1 N–H and O–H groups in total. The smallest absolute Gasteiger partial charge is 0.0589 e. The number of aryl methyl sites for hydroxylation is 1. The first-order valence-corrected chi connectivity index (χ1v) is 6.89. The lowest BCUT2D eigenvalue weighted by Gasteiger charge is -2.16. The molecular formula is C15H16Cl2N2. The third-order valence-corrected chi connectivity index (χ3v) is 3.66. The van der Waals surface area contributed by atoms with Gasteiger partial charge < -0.3 is 5.32 Å². The summed E-state index contributed by atoms with van der Waals surface area (Å²) < 4.78 is 0. The Morgan fingerprint density at radius 1 is 1.21 bits per heavy atom. The van der Waals surface area contributed by atoms with Crippen molar-refractivity contribution in [2.24, 2.45) is 0 Å². The average molecular weight is 295 g/mol. The highest BCUT2D eigenvalue weighted by atomic mass is 35.5. The summed E-state index contributed by atoms with van der Waals surface area (Å²) in [6.07, 6.45) is 2.46. The molecule has 1 aromatic carbocycles. The summed E-state index contributed by atoms with van der Waals surface area (Å²) in [7, 11) is 1.92. The third kappa shape index (κ3) is 3.69. The van der Waals surface area contributed by atoms with Gasteiger partial charge in [-0.25, -0.2) is 0 Å². The maximum Gasteiger partial charge on any atom is 0.0589 e. The summed E-state index contributed by atoms with van der Waals surface area (Å²) in [5.41, 5.74) is 3.24. The van der Waals surface area contributed by atoms with Crippen molar-refractivity contribution in [3.8, 4) is 0 Å². The van der Waals surface area contributed by atoms with Crippen molar-refractivity contribution >= 4 is 23.2 Å². The summed E-state index contributed by atoms with van der Waals surface area (Å²) >= 11 is 12.1. The fraction of sp³-hybridized carbons (Fsp3) is 0.267. The zero-order valence-corrected chi connectivity index (χ0v) is 12.5. The number of hydrogen-bond acceptors (Lipinski definition) is 2. The van der Waals surface area contributed by atoms with E-state index in [2.05, 4.69) is 22.4 Å². The minimum atomic E-state index is 0.123. The number of pyridine rings is 1. The zero-order chi connectivity index (χ0) is 13.8. The van der Waals surface area contributed by atoms with Crippen molar-refractivity contribution in [3.05, 3.63) is 63.4 Å². The lowest BCUT2D eigenvalue weighted by molar-refractivity contribution is 0.576. The number of rotatable bonds is 4. The second kappa shape index (κ2) is 6.38. The molecule has 0 amide bonds. The van der Waals surface area contributed by atoms with Crippen LogP contribution >= 0.6 is 23.2 Å². The molecule has 0 aliphatic rings. The minimum Gasteiger partial charge on any atom is -0.311 e. The first kappa shape index (κ1) is 14.3. The van der Waals surface area contributed by atoms with Crippen LogP contribution in [0.5, 0.6) is 0 Å². The van der Waals surface area contributed by atoms with E-state index in [4.69, 9.17) is 23.2 Å². The highest BCUT2D eigenvalue weighted by Crippen LogP contribution is 2.24. The SMILES string of the molecule is CNC(Cc1ccc(C)cc1Cl)c1ccc(Cl)cn1. The molecule has 1 heterocycles. The van der Waals surface area contributed by atoms with Crippen LogP contribution in [0.4, 0.5) is 0 Å². The molecule has 1 atom stereocenters. The van der Waals surface area contributed by atoms with Crippen LogP contribution in [0.15, 0.2) is 36.5 Å². The van der Waals surface area contributed by atoms with Crippen molar-refractivity contribution in [2.75, 3.05) is 7.05 Å². The van der Waals surface area contributed by atoms with Gasteiger partial charge in [0.05, 0.1) is 16.8 Å². The van der Waals surface area contributed by atoms with Crippen LogP contribution < -0.4 is 5.32 Å². The molecule has 0 bridgehead atoms. The molecule has 0 aliphatic heterocycles. The lowest BCUT2D eigenvalue weighted by Crippen LogP contribution is -2.20. The summed E-state index contributed by atoms with van der Waals surface area (Å²) in [6.45, 7) is 2.03. The predicted molar refractivity (Wildman–Crippen MR) is 80.9 cm³/mol. The normalized spacial score (nSPS) is 12.4. The molecule has 0 saturated heterocycles. The van der Waals surface area contributed by atoms with Gasteiger partial charge in [0.25, 0.3) is 0 Å². The highest BCUT2D eigenvalue weighted by molar-refractivity contribution is 6.31. The van der Waals surface area contributed by atoms with Crippen LogP contribution in [0, 0.1) is 6.92 Å². The van der Waals surface area contributed by atoms with Gasteiger partial charge in [-0.05, 0) is 49.7 Å². The maximum absolute atomic E-state index is 6.27. The Hall–Kier alpha value is -1.09. The van der Waals surface area contributed by atoms with E-state index in [1.54, 1.807) is 6.20 Å². The number of nitrogens with zero attached hydrogens (tertiary/aromatic N) is 1. The molecule has 0 fully saturated rings. The largest absolute Gasteiger partial charge is 0.311 e. The van der Waals surface area contributed by atoms with Crippen molar-refractivity contribution in [1.82, 2.24) is 10.3 Å². The van der Waals surface area contributed by atoms with Crippen molar-refractivity contribution < 1.29 is 0 Å². The second-order valence-electron chi connectivity index (χ2n) is 4.54. The van der Waals surface area contributed by atoms with E-state index in [0.29, 0.717) is 5.02 Å². The molecular weight excluding hydrogens is 279 g/mol. The Morgan fingerprint density at radius 2 is 2.00 bits per heavy atom. The standard InChI is InChI=1S/C15H16Cl2N2/c1-10-3-4-11(13(17)7-10)8-15(18-2)14-6-5-12(16)9-19-14/h3-7,9,15,18H,8H2,1-2H3. The predicted octanol–water partition coefficient (Wildman–Crippen LogP) is 4.20. The van der Waals surface area contributed by atoms with Gasteiger partial charge in [-0.15, -0.1) is 0 Å². The molecule has 1 aromatic heterocycles. The van der Waals surface area contributed by atoms with Crippen molar-refractivity contribution in [3.63, 3.8) is 0 Å². The van der Waals surface area contributed by atoms with Crippen LogP contribution in [-0.4, -0.2) is 12.0 Å². The van der Waals surface area contributed by atoms with Crippen molar-refractivity contribution in [1.29, 1.82) is 0 Å². The fourth-order valence-electron chi connectivity index (χ4n) is 1.99. The molecule has 0 spiro atoms. The lowest BCUT2D eigenvalue weighted by atomic mass is 10.0. The van der Waals surface area contributed by atoms with Gasteiger partial charge in [0.2, 0.25) is 0 Å². The number of benzene rings is 1. The molecule has 1 unspecified atom stereocenters. The van der Waals surface area contributed by atoms with Gasteiger partial charge in [-0.3, -0.25) is 4.98 Å². The average Bonchev–Trinajstić information content (AvgIpc) is 2.39. The Kier molecular flexibility index (Phi) is 4.81. The first-order chi connectivity index (χ1) is 9.10. The third-order valence-electron chi connectivity index (χ3n) is 3.09. The van der Waals surface area contributed by atoms with Crippen LogP contribution in [0.1, 0.15) is 22.9 Å². The molecule has 0 radical (unpaired) electrons. The molecule has 2 rings (SSSR count). The molecule has 0 saturated carbocycles. The van der Waals surface area contributed by atoms with Gasteiger partial charge in [0, 0.05) is 11.2 Å². The van der Waals surface area contributed by atoms with E-state index in [1.807, 2.05) is 32.2 Å². The summed E-state index contributed by atoms with van der Waals surface area (Å²) in [6, 6.07) is 10.0. The summed E-state index contributed by atoms with van der Waals surface area (Å²) in [4.78, 5) is 4.36. The van der Waals surface area contributed by atoms with Gasteiger partial charge >= 0.3 is 0 Å². The van der Waals surface area contributed by atoms with Gasteiger partial charge in [0.1, 0.15) is 0 Å². The molecule has 2 aromatic rings. The topological polar surface area (TPSA) is 24.9 Å². The van der Waals surface area contributed by atoms with E-state index >= 15 is 0 Å². The molecule has 4 heteroatoms.